The van der Waals surface area contributed by atoms with Gasteiger partial charge >= 0.3 is 5.97 Å². The first-order chi connectivity index (χ1) is 16.3. The van der Waals surface area contributed by atoms with E-state index in [9.17, 15) is 25.2 Å². The first kappa shape index (κ1) is 25.7. The van der Waals surface area contributed by atoms with E-state index in [2.05, 4.69) is 40.7 Å². The topological polar surface area (TPSA) is 98.0 Å². The normalized spacial score (nSPS) is 50.1. The van der Waals surface area contributed by atoms with Gasteiger partial charge in [0.1, 0.15) is 0 Å². The van der Waals surface area contributed by atoms with Gasteiger partial charge in [-0.15, -0.1) is 0 Å². The van der Waals surface area contributed by atoms with Crippen molar-refractivity contribution in [3.05, 3.63) is 11.6 Å². The van der Waals surface area contributed by atoms with Crippen LogP contribution in [0.4, 0.5) is 0 Å². The average Bonchev–Trinajstić information content (AvgIpc) is 2.80. The first-order valence-corrected chi connectivity index (χ1v) is 14.1. The van der Waals surface area contributed by atoms with Gasteiger partial charge in [-0.25, -0.2) is 0 Å². The Hall–Kier alpha value is -0.910. The lowest BCUT2D eigenvalue weighted by molar-refractivity contribution is -0.230. The molecule has 198 valence electrons. The molecule has 0 aromatic rings. The zero-order valence-electron chi connectivity index (χ0n) is 22.6. The lowest BCUT2D eigenvalue weighted by Crippen LogP contribution is -2.67. The molecule has 4 N–H and O–H groups in total. The summed E-state index contributed by atoms with van der Waals surface area (Å²) in [6.45, 7) is 11.5. The molecule has 8 atom stereocenters. The number of rotatable bonds is 3. The van der Waals surface area contributed by atoms with Crippen LogP contribution in [0, 0.1) is 50.2 Å². The fourth-order valence-corrected chi connectivity index (χ4v) is 10.7. The van der Waals surface area contributed by atoms with Gasteiger partial charge in [0.25, 0.3) is 0 Å². The molecule has 0 spiro atoms. The smallest absolute Gasteiger partial charge is 0.310 e. The Kier molecular flexibility index (Phi) is 5.73. The van der Waals surface area contributed by atoms with E-state index in [0.29, 0.717) is 12.3 Å². The van der Waals surface area contributed by atoms with Gasteiger partial charge < -0.3 is 20.4 Å². The fraction of sp³-hybridized carbons (Fsp3) is 0.900. The highest BCUT2D eigenvalue weighted by Crippen LogP contribution is 2.75. The standard InChI is InChI=1S/C30H48O5/c1-25(2)12-14-29(24(34)35)15-13-27(4)19(20(29)16-25)6-7-21-26(3)10-9-23(33)30(17-31,18-32)22(26)8-11-28(21,27)5/h6,20-23,31-33H,7-18H2,1-5H3,(H,34,35)/t20-,21-,22-,23-,26+,27+,28+,29-/m0/s1. The number of aliphatic carboxylic acids is 1. The van der Waals surface area contributed by atoms with Crippen LogP contribution in [-0.2, 0) is 4.79 Å². The fourth-order valence-electron chi connectivity index (χ4n) is 10.7. The van der Waals surface area contributed by atoms with Gasteiger partial charge in [-0.1, -0.05) is 46.3 Å². The Labute approximate surface area is 211 Å². The summed E-state index contributed by atoms with van der Waals surface area (Å²) < 4.78 is 0. The van der Waals surface area contributed by atoms with E-state index in [0.717, 1.165) is 57.8 Å². The van der Waals surface area contributed by atoms with Crippen molar-refractivity contribution in [3.8, 4) is 0 Å². The van der Waals surface area contributed by atoms with E-state index < -0.39 is 22.9 Å². The monoisotopic (exact) mass is 488 g/mol. The molecule has 0 aliphatic heterocycles. The molecule has 5 aliphatic rings. The molecule has 0 unspecified atom stereocenters. The van der Waals surface area contributed by atoms with E-state index in [1.165, 1.54) is 5.57 Å². The molecule has 5 rings (SSSR count). The van der Waals surface area contributed by atoms with Crippen LogP contribution in [0.25, 0.3) is 0 Å². The van der Waals surface area contributed by atoms with Crippen LogP contribution in [0.1, 0.15) is 98.8 Å². The first-order valence-electron chi connectivity index (χ1n) is 14.1. The van der Waals surface area contributed by atoms with Crippen molar-refractivity contribution in [1.82, 2.24) is 0 Å². The van der Waals surface area contributed by atoms with Crippen LogP contribution < -0.4 is 0 Å². The number of carboxylic acids is 1. The zero-order chi connectivity index (χ0) is 25.7. The molecule has 4 fully saturated rings. The van der Waals surface area contributed by atoms with E-state index in [4.69, 9.17) is 0 Å². The minimum Gasteiger partial charge on any atom is -0.481 e. The van der Waals surface area contributed by atoms with Crippen LogP contribution in [0.2, 0.25) is 0 Å². The van der Waals surface area contributed by atoms with E-state index >= 15 is 0 Å². The average molecular weight is 489 g/mol. The van der Waals surface area contributed by atoms with Crippen molar-refractivity contribution in [2.45, 2.75) is 105 Å². The van der Waals surface area contributed by atoms with Crippen LogP contribution in [0.3, 0.4) is 0 Å². The number of allylic oxidation sites excluding steroid dienone is 2. The van der Waals surface area contributed by atoms with Gasteiger partial charge in [-0.3, -0.25) is 4.79 Å². The Balaban J connectivity index is 1.60. The second-order valence-corrected chi connectivity index (χ2v) is 14.8. The molecule has 0 heterocycles. The van der Waals surface area contributed by atoms with Crippen LogP contribution in [-0.4, -0.2) is 45.7 Å². The van der Waals surface area contributed by atoms with E-state index in [-0.39, 0.29) is 46.7 Å². The third-order valence-electron chi connectivity index (χ3n) is 13.2. The number of aliphatic hydroxyl groups is 3. The lowest BCUT2D eigenvalue weighted by Gasteiger charge is -2.71. The Bertz CT molecular complexity index is 920. The van der Waals surface area contributed by atoms with Crippen molar-refractivity contribution >= 4 is 5.97 Å². The number of fused-ring (bicyclic) bond motifs is 7. The highest BCUT2D eigenvalue weighted by atomic mass is 16.4. The molecule has 5 aliphatic carbocycles. The van der Waals surface area contributed by atoms with Crippen LogP contribution >= 0.6 is 0 Å². The second-order valence-electron chi connectivity index (χ2n) is 14.8. The molecule has 35 heavy (non-hydrogen) atoms. The van der Waals surface area contributed by atoms with Gasteiger partial charge in [-0.2, -0.15) is 0 Å². The SMILES string of the molecule is CC1(C)CC[C@]2(C(=O)O)CC[C@]3(C)C(=CC[C@H]4[C@@]5(C)CC[C@H](O)C(CO)(CO)[C@H]5CC[C@]43C)[C@@H]2C1. The number of carbonyl (C=O) groups is 1. The zero-order valence-corrected chi connectivity index (χ0v) is 22.6. The molecule has 0 bridgehead atoms. The molecule has 0 amide bonds. The summed E-state index contributed by atoms with van der Waals surface area (Å²) in [5, 5.41) is 42.3. The summed E-state index contributed by atoms with van der Waals surface area (Å²) >= 11 is 0. The Morgan fingerprint density at radius 1 is 0.914 bits per heavy atom. The highest BCUT2D eigenvalue weighted by molar-refractivity contribution is 5.76. The predicted molar refractivity (Wildman–Crippen MR) is 136 cm³/mol. The van der Waals surface area contributed by atoms with Gasteiger partial charge in [0.2, 0.25) is 0 Å². The van der Waals surface area contributed by atoms with Gasteiger partial charge in [0, 0.05) is 5.41 Å². The molecule has 0 radical (unpaired) electrons. The van der Waals surface area contributed by atoms with Gasteiger partial charge in [0.15, 0.2) is 0 Å². The maximum Gasteiger partial charge on any atom is 0.310 e. The second kappa shape index (κ2) is 7.80. The van der Waals surface area contributed by atoms with Crippen molar-refractivity contribution in [2.24, 2.45) is 50.2 Å². The van der Waals surface area contributed by atoms with Crippen LogP contribution in [0.15, 0.2) is 11.6 Å². The lowest BCUT2D eigenvalue weighted by atomic mass is 9.33. The molecule has 0 saturated heterocycles. The minimum atomic E-state index is -0.836. The maximum absolute atomic E-state index is 12.8. The third-order valence-corrected chi connectivity index (χ3v) is 13.2. The van der Waals surface area contributed by atoms with Gasteiger partial charge in [-0.05, 0) is 104 Å². The highest BCUT2D eigenvalue weighted by Gasteiger charge is 2.70. The van der Waals surface area contributed by atoms with Crippen molar-refractivity contribution in [1.29, 1.82) is 0 Å². The summed E-state index contributed by atoms with van der Waals surface area (Å²) in [5.74, 6) is -0.0177. The summed E-state index contributed by atoms with van der Waals surface area (Å²) in [5.41, 5.74) is 0.0411. The Morgan fingerprint density at radius 2 is 1.57 bits per heavy atom. The van der Waals surface area contributed by atoms with Gasteiger partial charge in [0.05, 0.1) is 24.7 Å². The van der Waals surface area contributed by atoms with Crippen molar-refractivity contribution in [3.63, 3.8) is 0 Å². The summed E-state index contributed by atoms with van der Waals surface area (Å²) in [7, 11) is 0. The molecule has 0 aromatic heterocycles. The molecule has 5 nitrogen and oxygen atoms in total. The number of aliphatic hydroxyl groups excluding tert-OH is 3. The largest absolute Gasteiger partial charge is 0.481 e. The van der Waals surface area contributed by atoms with E-state index in [1.54, 1.807) is 0 Å². The molecule has 0 aromatic carbocycles. The Morgan fingerprint density at radius 3 is 2.20 bits per heavy atom. The van der Waals surface area contributed by atoms with Crippen molar-refractivity contribution < 1.29 is 25.2 Å². The molecule has 4 saturated carbocycles. The number of hydrogen-bond donors (Lipinski definition) is 4. The quantitative estimate of drug-likeness (QED) is 0.411. The number of hydrogen-bond acceptors (Lipinski definition) is 4. The molecular weight excluding hydrogens is 440 g/mol. The van der Waals surface area contributed by atoms with E-state index in [1.807, 2.05) is 0 Å². The third kappa shape index (κ3) is 3.07. The summed E-state index contributed by atoms with van der Waals surface area (Å²) in [6, 6.07) is 0. The molecular formula is C30H48O5. The summed E-state index contributed by atoms with van der Waals surface area (Å²) in [6.07, 6.45) is 10.5. The predicted octanol–water partition coefficient (Wildman–Crippen LogP) is 5.18. The maximum atomic E-state index is 12.8. The summed E-state index contributed by atoms with van der Waals surface area (Å²) in [4.78, 5) is 12.8. The minimum absolute atomic E-state index is 0.0352. The van der Waals surface area contributed by atoms with Crippen molar-refractivity contribution in [2.75, 3.05) is 13.2 Å². The molecule has 5 heteroatoms. The van der Waals surface area contributed by atoms with Crippen LogP contribution in [0.5, 0.6) is 0 Å². The number of carboxylic acid groups (broad SMARTS) is 1.